The quantitative estimate of drug-likeness (QED) is 0.855. The molecule has 8 heteroatoms. The van der Waals surface area contributed by atoms with Gasteiger partial charge in [0.2, 0.25) is 17.7 Å². The van der Waals surface area contributed by atoms with Crippen molar-refractivity contribution in [3.05, 3.63) is 52.5 Å². The van der Waals surface area contributed by atoms with Crippen LogP contribution in [0.25, 0.3) is 0 Å². The molecule has 138 valence electrons. The zero-order valence-corrected chi connectivity index (χ0v) is 15.9. The van der Waals surface area contributed by atoms with Crippen LogP contribution in [0.4, 0.5) is 5.69 Å². The van der Waals surface area contributed by atoms with Gasteiger partial charge in [-0.2, -0.15) is 22.1 Å². The molecule has 1 fully saturated rings. The molecule has 1 unspecified atom stereocenters. The summed E-state index contributed by atoms with van der Waals surface area (Å²) in [6.45, 7) is 2.60. The van der Waals surface area contributed by atoms with Gasteiger partial charge in [-0.25, -0.2) is 4.68 Å². The zero-order valence-electron chi connectivity index (χ0n) is 15.1. The lowest BCUT2D eigenvalue weighted by molar-refractivity contribution is -0.116. The van der Waals surface area contributed by atoms with Gasteiger partial charge in [0.15, 0.2) is 0 Å². The Morgan fingerprint density at radius 1 is 1.37 bits per heavy atom. The molecule has 2 aliphatic rings. The van der Waals surface area contributed by atoms with Crippen molar-refractivity contribution in [3.63, 3.8) is 0 Å². The number of anilines is 1. The number of allylic oxidation sites excluding steroid dienone is 1. The predicted octanol–water partition coefficient (Wildman–Crippen LogP) is 2.03. The van der Waals surface area contributed by atoms with Crippen LogP contribution in [-0.4, -0.2) is 33.7 Å². The van der Waals surface area contributed by atoms with Crippen molar-refractivity contribution >= 4 is 23.4 Å². The third kappa shape index (κ3) is 2.84. The third-order valence-corrected chi connectivity index (χ3v) is 5.83. The Morgan fingerprint density at radius 2 is 2.11 bits per heavy atom. The number of aryl methyl sites for hydroxylation is 2. The van der Waals surface area contributed by atoms with Crippen molar-refractivity contribution in [2.45, 2.75) is 12.8 Å². The molecule has 1 atom stereocenters. The fourth-order valence-electron chi connectivity index (χ4n) is 3.64. The van der Waals surface area contributed by atoms with Crippen molar-refractivity contribution in [3.8, 4) is 11.9 Å². The molecule has 4 rings (SSSR count). The van der Waals surface area contributed by atoms with Gasteiger partial charge in [0.05, 0.1) is 22.9 Å². The second-order valence-electron chi connectivity index (χ2n) is 6.54. The van der Waals surface area contributed by atoms with Gasteiger partial charge in [-0.3, -0.25) is 4.79 Å². The number of fused-ring (bicyclic) bond motifs is 1. The van der Waals surface area contributed by atoms with Gasteiger partial charge < -0.3 is 15.4 Å². The van der Waals surface area contributed by atoms with Crippen molar-refractivity contribution in [2.75, 3.05) is 23.0 Å². The minimum atomic E-state index is -0.339. The van der Waals surface area contributed by atoms with Crippen molar-refractivity contribution in [1.29, 1.82) is 5.26 Å². The number of rotatable bonds is 2. The number of amides is 1. The molecule has 0 spiro atoms. The topological polar surface area (TPSA) is 97.2 Å². The van der Waals surface area contributed by atoms with E-state index in [-0.39, 0.29) is 17.7 Å². The van der Waals surface area contributed by atoms with E-state index in [0.29, 0.717) is 23.8 Å². The second-order valence-corrected chi connectivity index (χ2v) is 7.65. The van der Waals surface area contributed by atoms with E-state index in [9.17, 15) is 10.1 Å². The molecule has 0 radical (unpaired) electrons. The number of ether oxygens (including phenoxy) is 1. The molecule has 0 bridgehead atoms. The van der Waals surface area contributed by atoms with Crippen molar-refractivity contribution < 1.29 is 9.53 Å². The van der Waals surface area contributed by atoms with Crippen LogP contribution in [0.2, 0.25) is 0 Å². The van der Waals surface area contributed by atoms with Crippen LogP contribution in [0, 0.1) is 18.3 Å². The number of carbonyl (C=O) groups excluding carboxylic acids is 1. The van der Waals surface area contributed by atoms with Crippen LogP contribution in [0.3, 0.4) is 0 Å². The number of hydrogen-bond donors (Lipinski definition) is 1. The fraction of sp³-hybridized carbons (Fsp3) is 0.316. The Morgan fingerprint density at radius 3 is 2.78 bits per heavy atom. The third-order valence-electron chi connectivity index (χ3n) is 4.91. The maximum Gasteiger partial charge on any atom is 0.237 e. The molecule has 3 heterocycles. The summed E-state index contributed by atoms with van der Waals surface area (Å²) in [5.41, 5.74) is 9.82. The highest BCUT2D eigenvalue weighted by molar-refractivity contribution is 8.00. The highest BCUT2D eigenvalue weighted by Crippen LogP contribution is 2.43. The van der Waals surface area contributed by atoms with Gasteiger partial charge in [-0.1, -0.05) is 12.1 Å². The second kappa shape index (κ2) is 6.67. The summed E-state index contributed by atoms with van der Waals surface area (Å²) in [6, 6.07) is 9.93. The highest BCUT2D eigenvalue weighted by Gasteiger charge is 2.35. The van der Waals surface area contributed by atoms with Crippen molar-refractivity contribution in [2.24, 2.45) is 12.8 Å². The lowest BCUT2D eigenvalue weighted by atomic mass is 9.84. The molecule has 1 amide bonds. The molecule has 2 aliphatic heterocycles. The van der Waals surface area contributed by atoms with Crippen LogP contribution in [0.15, 0.2) is 35.7 Å². The summed E-state index contributed by atoms with van der Waals surface area (Å²) in [5.74, 6) is 1.89. The number of carbonyl (C=O) groups is 1. The average Bonchev–Trinajstić information content (AvgIpc) is 2.94. The van der Waals surface area contributed by atoms with Gasteiger partial charge in [0, 0.05) is 25.0 Å². The summed E-state index contributed by atoms with van der Waals surface area (Å²) >= 11 is 1.66. The summed E-state index contributed by atoms with van der Waals surface area (Å²) in [4.78, 5) is 14.0. The molecule has 0 saturated carbocycles. The molecule has 1 aromatic heterocycles. The number of hydrogen-bond acceptors (Lipinski definition) is 6. The average molecular weight is 381 g/mol. The van der Waals surface area contributed by atoms with Gasteiger partial charge in [0.1, 0.15) is 11.6 Å². The molecule has 0 aliphatic carbocycles. The van der Waals surface area contributed by atoms with E-state index in [1.807, 2.05) is 31.2 Å². The van der Waals surface area contributed by atoms with Gasteiger partial charge >= 0.3 is 0 Å². The Bertz CT molecular complexity index is 987. The molecule has 1 aromatic carbocycles. The maximum absolute atomic E-state index is 12.1. The van der Waals surface area contributed by atoms with E-state index in [2.05, 4.69) is 11.2 Å². The standard InChI is InChI=1S/C19H19N5O2S/c1-11-16-17(14(9-20)18(21)26-19(16)23(2)22-11)12-3-5-13(6-4-12)24-7-8-27-10-15(24)25/h3-6,17H,7-8,10,21H2,1-2H3. The first-order valence-electron chi connectivity index (χ1n) is 8.60. The molecule has 2 aromatic rings. The van der Waals surface area contributed by atoms with E-state index in [1.165, 1.54) is 0 Å². The van der Waals surface area contributed by atoms with Gasteiger partial charge in [0.25, 0.3) is 0 Å². The fourth-order valence-corrected chi connectivity index (χ4v) is 4.43. The van der Waals surface area contributed by atoms with Gasteiger partial charge in [-0.05, 0) is 24.6 Å². The van der Waals surface area contributed by atoms with E-state index >= 15 is 0 Å². The number of nitrogens with two attached hydrogens (primary N) is 1. The molecular formula is C19H19N5O2S. The number of nitriles is 1. The molecule has 2 N–H and O–H groups in total. The maximum atomic E-state index is 12.1. The first-order valence-corrected chi connectivity index (χ1v) is 9.76. The monoisotopic (exact) mass is 381 g/mol. The Hall–Kier alpha value is -2.92. The largest absolute Gasteiger partial charge is 0.422 e. The summed E-state index contributed by atoms with van der Waals surface area (Å²) in [7, 11) is 1.79. The summed E-state index contributed by atoms with van der Waals surface area (Å²) < 4.78 is 7.29. The number of thioether (sulfide) groups is 1. The zero-order chi connectivity index (χ0) is 19.1. The Balaban J connectivity index is 1.76. The van der Waals surface area contributed by atoms with Crippen LogP contribution < -0.4 is 15.4 Å². The smallest absolute Gasteiger partial charge is 0.237 e. The number of aromatic nitrogens is 2. The van der Waals surface area contributed by atoms with Crippen LogP contribution in [0.5, 0.6) is 5.88 Å². The number of benzene rings is 1. The van der Waals surface area contributed by atoms with Gasteiger partial charge in [-0.15, -0.1) is 0 Å². The predicted molar refractivity (Wildman–Crippen MR) is 103 cm³/mol. The van der Waals surface area contributed by atoms with Crippen molar-refractivity contribution in [1.82, 2.24) is 9.78 Å². The van der Waals surface area contributed by atoms with E-state index in [4.69, 9.17) is 10.5 Å². The molecule has 1 saturated heterocycles. The Labute approximate surface area is 161 Å². The summed E-state index contributed by atoms with van der Waals surface area (Å²) in [6.07, 6.45) is 0. The van der Waals surface area contributed by atoms with Crippen LogP contribution in [-0.2, 0) is 11.8 Å². The van der Waals surface area contributed by atoms with Crippen LogP contribution >= 0.6 is 11.8 Å². The minimum Gasteiger partial charge on any atom is -0.422 e. The first-order chi connectivity index (χ1) is 13.0. The molecular weight excluding hydrogens is 362 g/mol. The lowest BCUT2D eigenvalue weighted by Gasteiger charge is -2.28. The number of nitrogens with zero attached hydrogens (tertiary/aromatic N) is 4. The lowest BCUT2D eigenvalue weighted by Crippen LogP contribution is -2.38. The minimum absolute atomic E-state index is 0.102. The Kier molecular flexibility index (Phi) is 4.32. The molecule has 27 heavy (non-hydrogen) atoms. The normalized spacial score (nSPS) is 19.5. The first kappa shape index (κ1) is 17.5. The van der Waals surface area contributed by atoms with Crippen LogP contribution in [0.1, 0.15) is 22.7 Å². The van der Waals surface area contributed by atoms with E-state index < -0.39 is 0 Å². The summed E-state index contributed by atoms with van der Waals surface area (Å²) in [5, 5.41) is 14.1. The highest BCUT2D eigenvalue weighted by atomic mass is 32.2. The van der Waals surface area contributed by atoms with E-state index in [0.717, 1.165) is 28.3 Å². The SMILES string of the molecule is Cc1nn(C)c2c1C(c1ccc(N3CCSCC3=O)cc1)C(C#N)=C(N)O2. The van der Waals surface area contributed by atoms with E-state index in [1.54, 1.807) is 28.4 Å². The molecule has 7 nitrogen and oxygen atoms in total.